The van der Waals surface area contributed by atoms with Gasteiger partial charge < -0.3 is 14.6 Å². The van der Waals surface area contributed by atoms with Crippen LogP contribution in [0.15, 0.2) is 40.8 Å². The zero-order valence-corrected chi connectivity index (χ0v) is 17.2. The Kier molecular flexibility index (Phi) is 6.06. The van der Waals surface area contributed by atoms with Crippen molar-refractivity contribution in [3.8, 4) is 0 Å². The summed E-state index contributed by atoms with van der Waals surface area (Å²) < 4.78 is 19.1. The van der Waals surface area contributed by atoms with Gasteiger partial charge in [-0.3, -0.25) is 4.79 Å². The molecule has 0 saturated heterocycles. The summed E-state index contributed by atoms with van der Waals surface area (Å²) in [4.78, 5) is 15.0. The fourth-order valence-electron chi connectivity index (χ4n) is 3.19. The van der Waals surface area contributed by atoms with E-state index in [-0.39, 0.29) is 23.5 Å². The van der Waals surface area contributed by atoms with Crippen LogP contribution in [0.1, 0.15) is 39.7 Å². The smallest absolute Gasteiger partial charge is 0.287 e. The number of hydrogen-bond donors (Lipinski definition) is 1. The Morgan fingerprint density at radius 1 is 1.21 bits per heavy atom. The molecule has 3 rings (SSSR count). The van der Waals surface area contributed by atoms with Crippen LogP contribution in [0.25, 0.3) is 11.0 Å². The second kappa shape index (κ2) is 8.33. The van der Waals surface area contributed by atoms with Crippen molar-refractivity contribution in [1.82, 2.24) is 10.2 Å². The highest BCUT2D eigenvalue weighted by atomic mass is 35.5. The molecule has 148 valence electrons. The highest BCUT2D eigenvalue weighted by molar-refractivity contribution is 6.32. The second-order valence-electron chi connectivity index (χ2n) is 7.32. The lowest BCUT2D eigenvalue weighted by Crippen LogP contribution is -2.31. The van der Waals surface area contributed by atoms with Crippen molar-refractivity contribution < 1.29 is 13.6 Å². The molecule has 3 aromatic rings. The van der Waals surface area contributed by atoms with Crippen molar-refractivity contribution in [3.05, 3.63) is 69.7 Å². The van der Waals surface area contributed by atoms with Gasteiger partial charge in [-0.05, 0) is 76.3 Å². The van der Waals surface area contributed by atoms with E-state index in [1.807, 2.05) is 45.0 Å². The van der Waals surface area contributed by atoms with Crippen molar-refractivity contribution in [2.24, 2.45) is 0 Å². The maximum absolute atomic E-state index is 13.3. The van der Waals surface area contributed by atoms with Crippen LogP contribution in [-0.4, -0.2) is 31.4 Å². The van der Waals surface area contributed by atoms with Gasteiger partial charge in [0.2, 0.25) is 0 Å². The zero-order valence-electron chi connectivity index (χ0n) is 16.5. The molecular formula is C22H24ClFN2O2. The van der Waals surface area contributed by atoms with Crippen LogP contribution in [0.5, 0.6) is 0 Å². The molecule has 2 aromatic carbocycles. The molecule has 0 radical (unpaired) electrons. The molecule has 28 heavy (non-hydrogen) atoms. The lowest BCUT2D eigenvalue weighted by Gasteiger charge is -2.21. The van der Waals surface area contributed by atoms with E-state index >= 15 is 0 Å². The Balaban J connectivity index is 1.89. The van der Waals surface area contributed by atoms with Gasteiger partial charge in [-0.1, -0.05) is 23.7 Å². The Bertz CT molecular complexity index is 996. The first-order valence-electron chi connectivity index (χ1n) is 9.16. The normalized spacial score (nSPS) is 12.5. The van der Waals surface area contributed by atoms with Gasteiger partial charge >= 0.3 is 0 Å². The number of fused-ring (bicyclic) bond motifs is 1. The molecule has 4 nitrogen and oxygen atoms in total. The number of halogens is 2. The minimum atomic E-state index is -0.304. The summed E-state index contributed by atoms with van der Waals surface area (Å²) in [6.07, 6.45) is 0.689. The fraction of sp³-hybridized carbons (Fsp3) is 0.318. The van der Waals surface area contributed by atoms with E-state index in [0.717, 1.165) is 28.6 Å². The molecule has 0 aliphatic carbocycles. The van der Waals surface area contributed by atoms with Gasteiger partial charge in [0.05, 0.1) is 6.04 Å². The van der Waals surface area contributed by atoms with Gasteiger partial charge in [-0.2, -0.15) is 0 Å². The molecule has 0 fully saturated rings. The molecule has 1 unspecified atom stereocenters. The number of nitrogens with one attached hydrogen (secondary N) is 1. The maximum atomic E-state index is 13.3. The minimum Gasteiger partial charge on any atom is -0.451 e. The van der Waals surface area contributed by atoms with Gasteiger partial charge in [-0.25, -0.2) is 4.39 Å². The first-order valence-corrected chi connectivity index (χ1v) is 9.54. The summed E-state index contributed by atoms with van der Waals surface area (Å²) in [5.41, 5.74) is 3.13. The van der Waals surface area contributed by atoms with Gasteiger partial charge in [-0.15, -0.1) is 0 Å². The van der Waals surface area contributed by atoms with Crippen LogP contribution >= 0.6 is 11.6 Å². The molecule has 0 bridgehead atoms. The Morgan fingerprint density at radius 3 is 2.54 bits per heavy atom. The van der Waals surface area contributed by atoms with E-state index in [1.165, 1.54) is 12.1 Å². The maximum Gasteiger partial charge on any atom is 0.287 e. The number of carbonyl (C=O) groups is 1. The molecule has 1 N–H and O–H groups in total. The molecule has 1 aromatic heterocycles. The van der Waals surface area contributed by atoms with E-state index in [0.29, 0.717) is 17.0 Å². The Morgan fingerprint density at radius 2 is 1.89 bits per heavy atom. The average Bonchev–Trinajstić information content (AvgIpc) is 2.95. The molecule has 0 saturated carbocycles. The average molecular weight is 403 g/mol. The summed E-state index contributed by atoms with van der Waals surface area (Å²) >= 11 is 6.22. The summed E-state index contributed by atoms with van der Waals surface area (Å²) in [5, 5.41) is 4.50. The largest absolute Gasteiger partial charge is 0.451 e. The predicted molar refractivity (Wildman–Crippen MR) is 110 cm³/mol. The van der Waals surface area contributed by atoms with E-state index in [4.69, 9.17) is 16.0 Å². The van der Waals surface area contributed by atoms with Crippen molar-refractivity contribution in [3.63, 3.8) is 0 Å². The van der Waals surface area contributed by atoms with Gasteiger partial charge in [0.25, 0.3) is 5.91 Å². The van der Waals surface area contributed by atoms with Crippen molar-refractivity contribution in [2.75, 3.05) is 20.6 Å². The second-order valence-corrected chi connectivity index (χ2v) is 7.73. The number of rotatable bonds is 6. The monoisotopic (exact) mass is 402 g/mol. The van der Waals surface area contributed by atoms with Crippen molar-refractivity contribution >= 4 is 28.5 Å². The third-order valence-electron chi connectivity index (χ3n) is 4.87. The third kappa shape index (κ3) is 4.37. The number of furan rings is 1. The van der Waals surface area contributed by atoms with Crippen LogP contribution in [0.4, 0.5) is 4.39 Å². The molecule has 0 aliphatic heterocycles. The number of benzene rings is 2. The highest BCUT2D eigenvalue weighted by Gasteiger charge is 2.22. The topological polar surface area (TPSA) is 45.5 Å². The molecular weight excluding hydrogens is 379 g/mol. The predicted octanol–water partition coefficient (Wildman–Crippen LogP) is 5.26. The number of aryl methyl sites for hydroxylation is 2. The first kappa shape index (κ1) is 20.4. The quantitative estimate of drug-likeness (QED) is 0.611. The van der Waals surface area contributed by atoms with E-state index in [9.17, 15) is 9.18 Å². The van der Waals surface area contributed by atoms with E-state index in [1.54, 1.807) is 12.1 Å². The molecule has 0 aliphatic rings. The third-order valence-corrected chi connectivity index (χ3v) is 5.27. The Hall–Kier alpha value is -2.37. The van der Waals surface area contributed by atoms with Crippen molar-refractivity contribution in [1.29, 1.82) is 0 Å². The molecule has 1 heterocycles. The summed E-state index contributed by atoms with van der Waals surface area (Å²) in [6.45, 7) is 4.51. The standard InChI is InChI=1S/C22H24ClFN2O2/c1-13-11-20-17(12-18(13)23)14(2)21(28-20)22(27)25-19(9-10-26(3)4)15-5-7-16(24)8-6-15/h5-8,11-12,19H,9-10H2,1-4H3,(H,25,27). The minimum absolute atomic E-state index is 0.256. The van der Waals surface area contributed by atoms with Crippen LogP contribution in [0.2, 0.25) is 5.02 Å². The fourth-order valence-corrected chi connectivity index (χ4v) is 3.35. The number of nitrogens with zero attached hydrogens (tertiary/aromatic N) is 1. The molecule has 1 amide bonds. The first-order chi connectivity index (χ1) is 13.3. The van der Waals surface area contributed by atoms with Crippen LogP contribution in [-0.2, 0) is 0 Å². The molecule has 6 heteroatoms. The SMILES string of the molecule is Cc1cc2oc(C(=O)NC(CCN(C)C)c3ccc(F)cc3)c(C)c2cc1Cl. The van der Waals surface area contributed by atoms with E-state index < -0.39 is 0 Å². The Labute approximate surface area is 169 Å². The summed E-state index contributed by atoms with van der Waals surface area (Å²) in [5.74, 6) is -0.328. The lowest BCUT2D eigenvalue weighted by atomic mass is 10.0. The van der Waals surface area contributed by atoms with Gasteiger partial charge in [0.15, 0.2) is 5.76 Å². The van der Waals surface area contributed by atoms with E-state index in [2.05, 4.69) is 5.32 Å². The van der Waals surface area contributed by atoms with Gasteiger partial charge in [0, 0.05) is 16.0 Å². The molecule has 1 atom stereocenters. The van der Waals surface area contributed by atoms with Gasteiger partial charge in [0.1, 0.15) is 11.4 Å². The van der Waals surface area contributed by atoms with Crippen molar-refractivity contribution in [2.45, 2.75) is 26.3 Å². The highest BCUT2D eigenvalue weighted by Crippen LogP contribution is 2.30. The summed E-state index contributed by atoms with van der Waals surface area (Å²) in [7, 11) is 3.94. The number of carbonyl (C=O) groups excluding carboxylic acids is 1. The number of amides is 1. The molecule has 0 spiro atoms. The zero-order chi connectivity index (χ0) is 20.4. The number of hydrogen-bond acceptors (Lipinski definition) is 3. The lowest BCUT2D eigenvalue weighted by molar-refractivity contribution is 0.0906. The summed E-state index contributed by atoms with van der Waals surface area (Å²) in [6, 6.07) is 9.61. The van der Waals surface area contributed by atoms with Crippen LogP contribution in [0, 0.1) is 19.7 Å². The van der Waals surface area contributed by atoms with Crippen LogP contribution in [0.3, 0.4) is 0 Å². The van der Waals surface area contributed by atoms with Crippen LogP contribution < -0.4 is 5.32 Å².